The van der Waals surface area contributed by atoms with Crippen molar-refractivity contribution >= 4 is 11.0 Å². The van der Waals surface area contributed by atoms with Crippen molar-refractivity contribution in [2.24, 2.45) is 0 Å². The van der Waals surface area contributed by atoms with Crippen molar-refractivity contribution in [2.45, 2.75) is 45.3 Å². The average Bonchev–Trinajstić information content (AvgIpc) is 2.66. The summed E-state index contributed by atoms with van der Waals surface area (Å²) >= 11 is 0. The summed E-state index contributed by atoms with van der Waals surface area (Å²) in [5.41, 5.74) is 1.06. The zero-order chi connectivity index (χ0) is 13.1. The van der Waals surface area contributed by atoms with Crippen LogP contribution in [0.25, 0.3) is 11.0 Å². The van der Waals surface area contributed by atoms with Crippen molar-refractivity contribution in [1.29, 1.82) is 0 Å². The van der Waals surface area contributed by atoms with E-state index in [4.69, 9.17) is 0 Å². The Morgan fingerprint density at radius 3 is 2.56 bits per heavy atom. The number of hydroxylamine groups is 2. The normalized spacial score (nSPS) is 22.1. The van der Waals surface area contributed by atoms with E-state index in [-0.39, 0.29) is 0 Å². The van der Waals surface area contributed by atoms with Crippen LogP contribution in [0.15, 0.2) is 24.3 Å². The largest absolute Gasteiger partial charge is 0.324 e. The smallest absolute Gasteiger partial charge is 0.132 e. The fourth-order valence-electron chi connectivity index (χ4n) is 3.00. The molecule has 1 radical (unpaired) electrons. The Morgan fingerprint density at radius 2 is 1.83 bits per heavy atom. The van der Waals surface area contributed by atoms with Crippen molar-refractivity contribution in [3.63, 3.8) is 0 Å². The summed E-state index contributed by atoms with van der Waals surface area (Å²) in [6.07, 6.45) is 0. The van der Waals surface area contributed by atoms with Gasteiger partial charge in [-0.3, -0.25) is 0 Å². The van der Waals surface area contributed by atoms with E-state index < -0.39 is 11.1 Å². The molecule has 2 heterocycles. The van der Waals surface area contributed by atoms with E-state index in [1.54, 1.807) is 0 Å². The maximum Gasteiger partial charge on any atom is 0.132 e. The number of nitrogens with zero attached hydrogens (tertiary/aromatic N) is 3. The van der Waals surface area contributed by atoms with Gasteiger partial charge in [0, 0.05) is 6.54 Å². The number of imidazole rings is 1. The van der Waals surface area contributed by atoms with Crippen LogP contribution < -0.4 is 0 Å². The van der Waals surface area contributed by atoms with Crippen LogP contribution in [-0.2, 0) is 17.3 Å². The second-order valence-electron chi connectivity index (χ2n) is 6.18. The Balaban J connectivity index is 2.33. The molecule has 0 saturated carbocycles. The Labute approximate surface area is 107 Å². The average molecular weight is 244 g/mol. The first-order valence-corrected chi connectivity index (χ1v) is 6.27. The first kappa shape index (κ1) is 11.7. The van der Waals surface area contributed by atoms with Gasteiger partial charge in [-0.25, -0.2) is 4.98 Å². The standard InChI is InChI=1S/C14H18N3O/c1-13(2)9-16-11-8-6-5-7-10(11)15-12(16)14(3,4)17(13)18/h5-8H,9H2,1-4H3. The van der Waals surface area contributed by atoms with Crippen LogP contribution in [0, 0.1) is 0 Å². The van der Waals surface area contributed by atoms with Gasteiger partial charge in [0.1, 0.15) is 11.4 Å². The highest BCUT2D eigenvalue weighted by Crippen LogP contribution is 2.39. The van der Waals surface area contributed by atoms with Gasteiger partial charge in [0.2, 0.25) is 0 Å². The monoisotopic (exact) mass is 244 g/mol. The quantitative estimate of drug-likeness (QED) is 0.715. The molecule has 95 valence electrons. The summed E-state index contributed by atoms with van der Waals surface area (Å²) in [4.78, 5) is 4.64. The molecule has 3 rings (SSSR count). The topological polar surface area (TPSA) is 41.0 Å². The molecular weight excluding hydrogens is 226 g/mol. The van der Waals surface area contributed by atoms with Gasteiger partial charge in [-0.15, -0.1) is 10.3 Å². The van der Waals surface area contributed by atoms with Crippen LogP contribution >= 0.6 is 0 Å². The maximum atomic E-state index is 12.5. The molecule has 2 aromatic rings. The molecule has 1 aliphatic heterocycles. The van der Waals surface area contributed by atoms with Crippen LogP contribution in [-0.4, -0.2) is 20.2 Å². The molecule has 0 aliphatic carbocycles. The lowest BCUT2D eigenvalue weighted by Crippen LogP contribution is -2.58. The zero-order valence-corrected chi connectivity index (χ0v) is 11.3. The first-order valence-electron chi connectivity index (χ1n) is 6.27. The summed E-state index contributed by atoms with van der Waals surface area (Å²) in [7, 11) is 0. The van der Waals surface area contributed by atoms with Gasteiger partial charge < -0.3 is 4.57 Å². The summed E-state index contributed by atoms with van der Waals surface area (Å²) in [5, 5.41) is 13.7. The lowest BCUT2D eigenvalue weighted by atomic mass is 9.91. The molecule has 1 aromatic heterocycles. The number of aromatic nitrogens is 2. The predicted octanol–water partition coefficient (Wildman–Crippen LogP) is 2.71. The third kappa shape index (κ3) is 1.36. The van der Waals surface area contributed by atoms with Crippen LogP contribution in [0.4, 0.5) is 0 Å². The molecule has 18 heavy (non-hydrogen) atoms. The highest BCUT2D eigenvalue weighted by molar-refractivity contribution is 5.76. The summed E-state index contributed by atoms with van der Waals surface area (Å²) < 4.78 is 2.18. The van der Waals surface area contributed by atoms with E-state index in [0.29, 0.717) is 6.54 Å². The van der Waals surface area contributed by atoms with Gasteiger partial charge in [0.05, 0.1) is 16.6 Å². The molecule has 1 aromatic carbocycles. The second-order valence-corrected chi connectivity index (χ2v) is 6.18. The lowest BCUT2D eigenvalue weighted by Gasteiger charge is -2.46. The molecule has 4 heteroatoms. The van der Waals surface area contributed by atoms with Crippen molar-refractivity contribution in [1.82, 2.24) is 14.6 Å². The zero-order valence-electron chi connectivity index (χ0n) is 11.3. The van der Waals surface area contributed by atoms with Gasteiger partial charge in [-0.1, -0.05) is 12.1 Å². The molecule has 0 N–H and O–H groups in total. The third-order valence-electron chi connectivity index (χ3n) is 3.80. The van der Waals surface area contributed by atoms with E-state index in [1.807, 2.05) is 45.9 Å². The molecule has 0 fully saturated rings. The highest BCUT2D eigenvalue weighted by atomic mass is 16.5. The molecule has 0 spiro atoms. The van der Waals surface area contributed by atoms with Gasteiger partial charge in [0.15, 0.2) is 0 Å². The van der Waals surface area contributed by atoms with Crippen molar-refractivity contribution in [2.75, 3.05) is 0 Å². The molecular formula is C14H18N3O. The molecule has 0 bridgehead atoms. The van der Waals surface area contributed by atoms with Crippen molar-refractivity contribution < 1.29 is 5.21 Å². The Kier molecular flexibility index (Phi) is 2.17. The Morgan fingerprint density at radius 1 is 1.17 bits per heavy atom. The molecule has 0 atom stereocenters. The van der Waals surface area contributed by atoms with Crippen LogP contribution in [0.2, 0.25) is 0 Å². The number of fused-ring (bicyclic) bond motifs is 3. The van der Waals surface area contributed by atoms with Crippen LogP contribution in [0.3, 0.4) is 0 Å². The molecule has 0 amide bonds. The Bertz CT molecular complexity index is 613. The van der Waals surface area contributed by atoms with E-state index in [1.165, 1.54) is 5.06 Å². The fourth-order valence-corrected chi connectivity index (χ4v) is 3.00. The van der Waals surface area contributed by atoms with Crippen LogP contribution in [0.1, 0.15) is 33.5 Å². The van der Waals surface area contributed by atoms with Gasteiger partial charge in [-0.2, -0.15) is 0 Å². The van der Waals surface area contributed by atoms with Gasteiger partial charge in [0.25, 0.3) is 0 Å². The number of para-hydroxylation sites is 2. The van der Waals surface area contributed by atoms with E-state index >= 15 is 0 Å². The Hall–Kier alpha value is -1.39. The van der Waals surface area contributed by atoms with Gasteiger partial charge in [-0.05, 0) is 39.8 Å². The maximum absolute atomic E-state index is 12.5. The minimum atomic E-state index is -0.596. The van der Waals surface area contributed by atoms with Crippen LogP contribution in [0.5, 0.6) is 0 Å². The minimum Gasteiger partial charge on any atom is -0.324 e. The first-order chi connectivity index (χ1) is 8.34. The predicted molar refractivity (Wildman–Crippen MR) is 69.4 cm³/mol. The SMILES string of the molecule is CC1(C)Cn2c(nc3ccccc32)C(C)(C)N1[O]. The van der Waals surface area contributed by atoms with Gasteiger partial charge >= 0.3 is 0 Å². The molecule has 0 unspecified atom stereocenters. The summed E-state index contributed by atoms with van der Waals surface area (Å²) in [6, 6.07) is 8.06. The number of hydrogen-bond acceptors (Lipinski definition) is 2. The lowest BCUT2D eigenvalue weighted by molar-refractivity contribution is -0.289. The number of benzene rings is 1. The summed E-state index contributed by atoms with van der Waals surface area (Å²) in [6.45, 7) is 8.53. The minimum absolute atomic E-state index is 0.417. The number of rotatable bonds is 0. The van der Waals surface area contributed by atoms with Crippen molar-refractivity contribution in [3.8, 4) is 0 Å². The van der Waals surface area contributed by atoms with E-state index in [0.717, 1.165) is 16.9 Å². The molecule has 0 saturated heterocycles. The van der Waals surface area contributed by atoms with Crippen molar-refractivity contribution in [3.05, 3.63) is 30.1 Å². The third-order valence-corrected chi connectivity index (χ3v) is 3.80. The van der Waals surface area contributed by atoms with E-state index in [9.17, 15) is 5.21 Å². The molecule has 4 nitrogen and oxygen atoms in total. The highest BCUT2D eigenvalue weighted by Gasteiger charge is 2.47. The summed E-state index contributed by atoms with van der Waals surface area (Å²) in [5.74, 6) is 0.859. The van der Waals surface area contributed by atoms with E-state index in [2.05, 4.69) is 15.6 Å². The fraction of sp³-hybridized carbons (Fsp3) is 0.500. The second kappa shape index (κ2) is 3.33. The molecule has 1 aliphatic rings. The number of hydrogen-bond donors (Lipinski definition) is 0.